The largest absolute Gasteiger partial charge is 0.363 e. The van der Waals surface area contributed by atoms with E-state index in [0.717, 1.165) is 35.3 Å². The van der Waals surface area contributed by atoms with Gasteiger partial charge in [0.1, 0.15) is 0 Å². The van der Waals surface area contributed by atoms with E-state index >= 15 is 0 Å². The lowest BCUT2D eigenvalue weighted by molar-refractivity contribution is -0.00692. The van der Waals surface area contributed by atoms with Crippen LogP contribution in [0.5, 0.6) is 0 Å². The van der Waals surface area contributed by atoms with Crippen LogP contribution in [0.3, 0.4) is 0 Å². The molecule has 0 amide bonds. The third-order valence-electron chi connectivity index (χ3n) is 4.86. The highest BCUT2D eigenvalue weighted by atomic mass is 32.1. The highest BCUT2D eigenvalue weighted by Gasteiger charge is 2.48. The first-order valence-electron chi connectivity index (χ1n) is 6.80. The van der Waals surface area contributed by atoms with Crippen molar-refractivity contribution in [1.82, 2.24) is 10.6 Å². The quantitative estimate of drug-likeness (QED) is 0.722. The van der Waals surface area contributed by atoms with Gasteiger partial charge >= 0.3 is 0 Å². The maximum absolute atomic E-state index is 5.33. The molecule has 16 heavy (non-hydrogen) atoms. The molecule has 0 spiro atoms. The molecule has 4 bridgehead atoms. The number of thiocarbonyl (C=S) groups is 1. The molecule has 0 aromatic heterocycles. The minimum Gasteiger partial charge on any atom is -0.363 e. The summed E-state index contributed by atoms with van der Waals surface area (Å²) in [4.78, 5) is 0. The Hall–Kier alpha value is -0.310. The van der Waals surface area contributed by atoms with Crippen molar-refractivity contribution in [1.29, 1.82) is 0 Å². The van der Waals surface area contributed by atoms with E-state index in [1.807, 2.05) is 0 Å². The van der Waals surface area contributed by atoms with Gasteiger partial charge in [-0.25, -0.2) is 0 Å². The lowest BCUT2D eigenvalue weighted by atomic mass is 9.54. The van der Waals surface area contributed by atoms with Crippen molar-refractivity contribution in [3.63, 3.8) is 0 Å². The van der Waals surface area contributed by atoms with Crippen LogP contribution >= 0.6 is 12.2 Å². The van der Waals surface area contributed by atoms with Crippen LogP contribution in [0.2, 0.25) is 0 Å². The van der Waals surface area contributed by atoms with Crippen molar-refractivity contribution in [2.45, 2.75) is 45.1 Å². The van der Waals surface area contributed by atoms with Gasteiger partial charge in [0.05, 0.1) is 0 Å². The first kappa shape index (κ1) is 10.8. The van der Waals surface area contributed by atoms with E-state index in [0.29, 0.717) is 6.04 Å². The predicted octanol–water partition coefficient (Wildman–Crippen LogP) is 2.30. The summed E-state index contributed by atoms with van der Waals surface area (Å²) in [7, 11) is 0. The molecule has 0 saturated heterocycles. The Bertz CT molecular complexity index is 262. The van der Waals surface area contributed by atoms with Gasteiger partial charge in [-0.3, -0.25) is 0 Å². The van der Waals surface area contributed by atoms with E-state index in [1.54, 1.807) is 0 Å². The van der Waals surface area contributed by atoms with E-state index in [1.165, 1.54) is 32.1 Å². The van der Waals surface area contributed by atoms with Crippen molar-refractivity contribution in [3.8, 4) is 0 Å². The second kappa shape index (κ2) is 4.17. The lowest BCUT2D eigenvalue weighted by Gasteiger charge is -2.54. The first-order valence-corrected chi connectivity index (χ1v) is 7.21. The van der Waals surface area contributed by atoms with Crippen molar-refractivity contribution in [2.75, 3.05) is 6.54 Å². The van der Waals surface area contributed by atoms with Crippen molar-refractivity contribution in [2.24, 2.45) is 23.7 Å². The van der Waals surface area contributed by atoms with Gasteiger partial charge in [-0.05, 0) is 74.9 Å². The molecule has 4 aliphatic carbocycles. The van der Waals surface area contributed by atoms with Crippen molar-refractivity contribution < 1.29 is 0 Å². The topological polar surface area (TPSA) is 24.1 Å². The molecule has 0 heterocycles. The minimum atomic E-state index is 0.680. The lowest BCUT2D eigenvalue weighted by Crippen LogP contribution is -2.57. The number of hydrogen-bond donors (Lipinski definition) is 2. The summed E-state index contributed by atoms with van der Waals surface area (Å²) in [6, 6.07) is 0.680. The molecule has 4 rings (SSSR count). The molecule has 0 aromatic rings. The molecule has 4 fully saturated rings. The summed E-state index contributed by atoms with van der Waals surface area (Å²) in [6.45, 7) is 3.03. The van der Waals surface area contributed by atoms with Crippen LogP contribution in [-0.2, 0) is 0 Å². The average molecular weight is 238 g/mol. The van der Waals surface area contributed by atoms with E-state index in [9.17, 15) is 0 Å². The summed E-state index contributed by atoms with van der Waals surface area (Å²) < 4.78 is 0. The summed E-state index contributed by atoms with van der Waals surface area (Å²) >= 11 is 5.33. The third kappa shape index (κ3) is 1.83. The molecule has 2 nitrogen and oxygen atoms in total. The Morgan fingerprint density at radius 3 is 2.12 bits per heavy atom. The van der Waals surface area contributed by atoms with Gasteiger partial charge in [0.25, 0.3) is 0 Å². The zero-order valence-corrected chi connectivity index (χ0v) is 10.9. The Balaban J connectivity index is 1.65. The molecule has 2 N–H and O–H groups in total. The maximum Gasteiger partial charge on any atom is 0.166 e. The molecule has 90 valence electrons. The van der Waals surface area contributed by atoms with Crippen molar-refractivity contribution >= 4 is 17.3 Å². The molecule has 0 aliphatic heterocycles. The standard InChI is InChI=1S/C13H22N2S/c1-2-14-13(16)15-12-10-4-8-3-9(6-10)7-11(12)5-8/h8-12H,2-7H2,1H3,(H2,14,15,16). The molecule has 0 radical (unpaired) electrons. The SMILES string of the molecule is CCNC(=S)NC1C2CC3CC(C2)CC1C3. The number of rotatable bonds is 2. The van der Waals surface area contributed by atoms with Crippen LogP contribution in [0, 0.1) is 23.7 Å². The normalized spacial score (nSPS) is 44.4. The van der Waals surface area contributed by atoms with Gasteiger partial charge in [-0.2, -0.15) is 0 Å². The van der Waals surface area contributed by atoms with Gasteiger partial charge < -0.3 is 10.6 Å². The Morgan fingerprint density at radius 2 is 1.62 bits per heavy atom. The fraction of sp³-hybridized carbons (Fsp3) is 0.923. The van der Waals surface area contributed by atoms with Crippen LogP contribution in [0.4, 0.5) is 0 Å². The van der Waals surface area contributed by atoms with Crippen LogP contribution < -0.4 is 10.6 Å². The monoisotopic (exact) mass is 238 g/mol. The number of hydrogen-bond acceptors (Lipinski definition) is 1. The minimum absolute atomic E-state index is 0.680. The highest BCUT2D eigenvalue weighted by Crippen LogP contribution is 2.53. The summed E-state index contributed by atoms with van der Waals surface area (Å²) in [5, 5.41) is 7.68. The molecule has 4 saturated carbocycles. The summed E-state index contributed by atoms with van der Waals surface area (Å²) in [5.74, 6) is 3.92. The van der Waals surface area contributed by atoms with Crippen LogP contribution in [0.25, 0.3) is 0 Å². The molecule has 4 aliphatic rings. The fourth-order valence-electron chi connectivity index (χ4n) is 4.52. The zero-order valence-electron chi connectivity index (χ0n) is 10.0. The summed E-state index contributed by atoms with van der Waals surface area (Å²) in [5.41, 5.74) is 0. The molecular formula is C13H22N2S. The average Bonchev–Trinajstić information content (AvgIpc) is 2.23. The second-order valence-electron chi connectivity index (χ2n) is 5.96. The van der Waals surface area contributed by atoms with Crippen molar-refractivity contribution in [3.05, 3.63) is 0 Å². The molecule has 0 aromatic carbocycles. The first-order chi connectivity index (χ1) is 7.76. The van der Waals surface area contributed by atoms with Gasteiger partial charge in [-0.1, -0.05) is 0 Å². The smallest absolute Gasteiger partial charge is 0.166 e. The van der Waals surface area contributed by atoms with E-state index < -0.39 is 0 Å². The van der Waals surface area contributed by atoms with Gasteiger partial charge in [0.2, 0.25) is 0 Å². The van der Waals surface area contributed by atoms with Crippen LogP contribution in [0.1, 0.15) is 39.0 Å². The Labute approximate surface area is 104 Å². The van der Waals surface area contributed by atoms with E-state index in [2.05, 4.69) is 17.6 Å². The highest BCUT2D eigenvalue weighted by molar-refractivity contribution is 7.80. The Kier molecular flexibility index (Phi) is 2.82. The third-order valence-corrected chi connectivity index (χ3v) is 5.12. The maximum atomic E-state index is 5.33. The van der Waals surface area contributed by atoms with Crippen LogP contribution in [0.15, 0.2) is 0 Å². The molecule has 0 atom stereocenters. The predicted molar refractivity (Wildman–Crippen MR) is 70.2 cm³/mol. The Morgan fingerprint density at radius 1 is 1.06 bits per heavy atom. The number of nitrogens with one attached hydrogen (secondary N) is 2. The van der Waals surface area contributed by atoms with Gasteiger partial charge in [0, 0.05) is 12.6 Å². The van der Waals surface area contributed by atoms with E-state index in [-0.39, 0.29) is 0 Å². The van der Waals surface area contributed by atoms with Gasteiger partial charge in [-0.15, -0.1) is 0 Å². The van der Waals surface area contributed by atoms with Crippen LogP contribution in [-0.4, -0.2) is 17.7 Å². The molecule has 0 unspecified atom stereocenters. The second-order valence-corrected chi connectivity index (χ2v) is 6.37. The fourth-order valence-corrected chi connectivity index (χ4v) is 4.80. The van der Waals surface area contributed by atoms with Gasteiger partial charge in [0.15, 0.2) is 5.11 Å². The zero-order chi connectivity index (χ0) is 11.1. The molecule has 3 heteroatoms. The molecular weight excluding hydrogens is 216 g/mol. The summed E-state index contributed by atoms with van der Waals surface area (Å²) in [6.07, 6.45) is 7.36. The van der Waals surface area contributed by atoms with E-state index in [4.69, 9.17) is 12.2 Å².